The SMILES string of the molecule is CCOc1cccc(CNC(=O)CN2C[C@@H]3C[C@H](C2)[C@H]2CCCC(=O)N2C3)c1. The van der Waals surface area contributed by atoms with Gasteiger partial charge in [0, 0.05) is 38.6 Å². The molecule has 3 heterocycles. The predicted octanol–water partition coefficient (Wildman–Crippen LogP) is 2.03. The lowest BCUT2D eigenvalue weighted by molar-refractivity contribution is -0.145. The molecule has 1 aromatic carbocycles. The quantitative estimate of drug-likeness (QED) is 0.814. The summed E-state index contributed by atoms with van der Waals surface area (Å²) in [5.41, 5.74) is 1.05. The van der Waals surface area contributed by atoms with E-state index in [-0.39, 0.29) is 5.91 Å². The highest BCUT2D eigenvalue weighted by Gasteiger charge is 2.43. The molecule has 3 aliphatic heterocycles. The molecule has 6 nitrogen and oxygen atoms in total. The third kappa shape index (κ3) is 4.32. The van der Waals surface area contributed by atoms with Crippen LogP contribution in [0.3, 0.4) is 0 Å². The van der Waals surface area contributed by atoms with E-state index in [1.807, 2.05) is 31.2 Å². The minimum atomic E-state index is 0.0679. The molecule has 3 aliphatic rings. The van der Waals surface area contributed by atoms with Crippen molar-refractivity contribution >= 4 is 11.8 Å². The second-order valence-corrected chi connectivity index (χ2v) is 8.42. The average molecular weight is 386 g/mol. The summed E-state index contributed by atoms with van der Waals surface area (Å²) in [6.45, 7) is 6.28. The van der Waals surface area contributed by atoms with Gasteiger partial charge in [-0.15, -0.1) is 0 Å². The Labute approximate surface area is 167 Å². The van der Waals surface area contributed by atoms with Crippen molar-refractivity contribution in [3.63, 3.8) is 0 Å². The molecule has 1 aromatic rings. The summed E-state index contributed by atoms with van der Waals surface area (Å²) in [5, 5.41) is 3.04. The molecule has 3 atom stereocenters. The highest BCUT2D eigenvalue weighted by Crippen LogP contribution is 2.37. The minimum Gasteiger partial charge on any atom is -0.494 e. The van der Waals surface area contributed by atoms with Gasteiger partial charge in [0.2, 0.25) is 11.8 Å². The van der Waals surface area contributed by atoms with Crippen molar-refractivity contribution in [2.75, 3.05) is 32.8 Å². The zero-order valence-electron chi connectivity index (χ0n) is 16.7. The van der Waals surface area contributed by atoms with Crippen LogP contribution >= 0.6 is 0 Å². The monoisotopic (exact) mass is 385 g/mol. The molecule has 3 saturated heterocycles. The first-order valence-electron chi connectivity index (χ1n) is 10.6. The molecule has 1 N–H and O–H groups in total. The standard InChI is InChI=1S/C22H31N3O3/c1-2-28-19-6-3-5-16(10-19)11-23-21(26)15-24-12-17-9-18(14-24)20-7-4-8-22(27)25(20)13-17/h3,5-6,10,17-18,20H,2,4,7-9,11-15H2,1H3,(H,23,26)/t17-,18+,20+/m0/s1. The maximum Gasteiger partial charge on any atom is 0.234 e. The summed E-state index contributed by atoms with van der Waals surface area (Å²) in [5.74, 6) is 2.27. The van der Waals surface area contributed by atoms with Gasteiger partial charge in [0.05, 0.1) is 13.2 Å². The normalized spacial score (nSPS) is 27.2. The molecule has 2 amide bonds. The molecule has 2 bridgehead atoms. The van der Waals surface area contributed by atoms with Crippen LogP contribution in [-0.4, -0.2) is 60.4 Å². The van der Waals surface area contributed by atoms with Crippen LogP contribution in [0.2, 0.25) is 0 Å². The number of rotatable bonds is 6. The van der Waals surface area contributed by atoms with Crippen molar-refractivity contribution in [2.45, 2.75) is 45.2 Å². The van der Waals surface area contributed by atoms with Crippen LogP contribution in [0.1, 0.15) is 38.2 Å². The largest absolute Gasteiger partial charge is 0.494 e. The van der Waals surface area contributed by atoms with Gasteiger partial charge < -0.3 is 15.0 Å². The number of carbonyl (C=O) groups excluding carboxylic acids is 2. The smallest absolute Gasteiger partial charge is 0.234 e. The van der Waals surface area contributed by atoms with Gasteiger partial charge in [0.15, 0.2) is 0 Å². The van der Waals surface area contributed by atoms with Crippen molar-refractivity contribution < 1.29 is 14.3 Å². The van der Waals surface area contributed by atoms with E-state index in [0.29, 0.717) is 49.9 Å². The van der Waals surface area contributed by atoms with Gasteiger partial charge in [-0.2, -0.15) is 0 Å². The molecular weight excluding hydrogens is 354 g/mol. The molecule has 0 radical (unpaired) electrons. The zero-order chi connectivity index (χ0) is 19.5. The number of likely N-dealkylation sites (tertiary alicyclic amines) is 1. The number of carbonyl (C=O) groups is 2. The number of hydrogen-bond donors (Lipinski definition) is 1. The molecule has 0 spiro atoms. The maximum atomic E-state index is 12.5. The fourth-order valence-electron chi connectivity index (χ4n) is 5.21. The molecule has 0 aliphatic carbocycles. The summed E-state index contributed by atoms with van der Waals surface area (Å²) in [4.78, 5) is 29.2. The first-order chi connectivity index (χ1) is 13.6. The molecule has 0 unspecified atom stereocenters. The lowest BCUT2D eigenvalue weighted by Crippen LogP contribution is -2.61. The lowest BCUT2D eigenvalue weighted by Gasteiger charge is -2.52. The first-order valence-corrected chi connectivity index (χ1v) is 10.6. The summed E-state index contributed by atoms with van der Waals surface area (Å²) >= 11 is 0. The maximum absolute atomic E-state index is 12.5. The Morgan fingerprint density at radius 2 is 2.18 bits per heavy atom. The molecule has 152 valence electrons. The fourth-order valence-corrected chi connectivity index (χ4v) is 5.21. The van der Waals surface area contributed by atoms with Crippen molar-refractivity contribution in [1.82, 2.24) is 15.1 Å². The fraction of sp³-hybridized carbons (Fsp3) is 0.636. The van der Waals surface area contributed by atoms with Crippen LogP contribution in [0.5, 0.6) is 5.75 Å². The Hall–Kier alpha value is -2.08. The van der Waals surface area contributed by atoms with Crippen molar-refractivity contribution in [2.24, 2.45) is 11.8 Å². The van der Waals surface area contributed by atoms with E-state index in [4.69, 9.17) is 4.74 Å². The first kappa shape index (κ1) is 19.2. The summed E-state index contributed by atoms with van der Waals surface area (Å²) in [7, 11) is 0. The summed E-state index contributed by atoms with van der Waals surface area (Å²) in [6.07, 6.45) is 4.06. The van der Waals surface area contributed by atoms with Crippen LogP contribution in [0, 0.1) is 11.8 Å². The number of nitrogens with one attached hydrogen (secondary N) is 1. The van der Waals surface area contributed by atoms with E-state index in [1.165, 1.54) is 6.42 Å². The Bertz CT molecular complexity index is 723. The van der Waals surface area contributed by atoms with E-state index in [1.54, 1.807) is 0 Å². The minimum absolute atomic E-state index is 0.0679. The average Bonchev–Trinajstić information content (AvgIpc) is 2.68. The topological polar surface area (TPSA) is 61.9 Å². The van der Waals surface area contributed by atoms with Crippen molar-refractivity contribution in [3.05, 3.63) is 29.8 Å². The van der Waals surface area contributed by atoms with Gasteiger partial charge >= 0.3 is 0 Å². The number of nitrogens with zero attached hydrogens (tertiary/aromatic N) is 2. The number of piperidine rings is 3. The number of amides is 2. The van der Waals surface area contributed by atoms with Crippen LogP contribution in [0.15, 0.2) is 24.3 Å². The van der Waals surface area contributed by atoms with E-state index >= 15 is 0 Å². The van der Waals surface area contributed by atoms with Gasteiger partial charge in [0.1, 0.15) is 5.75 Å². The Morgan fingerprint density at radius 1 is 1.29 bits per heavy atom. The zero-order valence-corrected chi connectivity index (χ0v) is 16.7. The Kier molecular flexibility index (Phi) is 5.85. The molecular formula is C22H31N3O3. The molecule has 28 heavy (non-hydrogen) atoms. The Morgan fingerprint density at radius 3 is 3.04 bits per heavy atom. The van der Waals surface area contributed by atoms with Crippen LogP contribution in [0.25, 0.3) is 0 Å². The second kappa shape index (κ2) is 8.52. The van der Waals surface area contributed by atoms with Crippen molar-refractivity contribution in [3.8, 4) is 5.75 Å². The van der Waals surface area contributed by atoms with Crippen molar-refractivity contribution in [1.29, 1.82) is 0 Å². The van der Waals surface area contributed by atoms with Crippen LogP contribution in [0.4, 0.5) is 0 Å². The van der Waals surface area contributed by atoms with Gasteiger partial charge in [-0.05, 0) is 55.7 Å². The van der Waals surface area contributed by atoms with Crippen LogP contribution in [-0.2, 0) is 16.1 Å². The molecule has 0 aromatic heterocycles. The highest BCUT2D eigenvalue weighted by molar-refractivity contribution is 5.78. The highest BCUT2D eigenvalue weighted by atomic mass is 16.5. The van der Waals surface area contributed by atoms with E-state index < -0.39 is 0 Å². The molecule has 4 rings (SSSR count). The van der Waals surface area contributed by atoms with Gasteiger partial charge in [0.25, 0.3) is 0 Å². The third-order valence-corrected chi connectivity index (χ3v) is 6.32. The number of ether oxygens (including phenoxy) is 1. The van der Waals surface area contributed by atoms with E-state index in [0.717, 1.165) is 43.8 Å². The predicted molar refractivity (Wildman–Crippen MR) is 107 cm³/mol. The lowest BCUT2D eigenvalue weighted by atomic mass is 9.76. The molecule has 3 fully saturated rings. The third-order valence-electron chi connectivity index (χ3n) is 6.32. The molecule has 0 saturated carbocycles. The van der Waals surface area contributed by atoms with Gasteiger partial charge in [-0.25, -0.2) is 0 Å². The van der Waals surface area contributed by atoms with Crippen LogP contribution < -0.4 is 10.1 Å². The number of benzene rings is 1. The number of hydrogen-bond acceptors (Lipinski definition) is 4. The van der Waals surface area contributed by atoms with Gasteiger partial charge in [-0.3, -0.25) is 14.5 Å². The summed E-state index contributed by atoms with van der Waals surface area (Å²) in [6, 6.07) is 8.26. The van der Waals surface area contributed by atoms with E-state index in [2.05, 4.69) is 15.1 Å². The van der Waals surface area contributed by atoms with E-state index in [9.17, 15) is 9.59 Å². The Balaban J connectivity index is 1.28. The molecule has 6 heteroatoms. The summed E-state index contributed by atoms with van der Waals surface area (Å²) < 4.78 is 5.52. The number of fused-ring (bicyclic) bond motifs is 4. The van der Waals surface area contributed by atoms with Gasteiger partial charge in [-0.1, -0.05) is 12.1 Å². The second-order valence-electron chi connectivity index (χ2n) is 8.42.